The number of carboxylic acid groups (broad SMARTS) is 2. The van der Waals surface area contributed by atoms with Gasteiger partial charge in [-0.2, -0.15) is 0 Å². The van der Waals surface area contributed by atoms with Crippen LogP contribution < -0.4 is 0 Å². The van der Waals surface area contributed by atoms with Gasteiger partial charge >= 0.3 is 11.9 Å². The highest BCUT2D eigenvalue weighted by molar-refractivity contribution is 7.98. The van der Waals surface area contributed by atoms with E-state index in [4.69, 9.17) is 5.11 Å². The highest BCUT2D eigenvalue weighted by Crippen LogP contribution is 2.31. The van der Waals surface area contributed by atoms with Gasteiger partial charge in [0, 0.05) is 4.90 Å². The van der Waals surface area contributed by atoms with E-state index in [0.717, 1.165) is 16.0 Å². The van der Waals surface area contributed by atoms with Crippen LogP contribution in [0, 0.1) is 6.92 Å². The summed E-state index contributed by atoms with van der Waals surface area (Å²) in [6, 6.07) is 9.80. The normalized spacial score (nSPS) is 10.4. The molecule has 21 heavy (non-hydrogen) atoms. The van der Waals surface area contributed by atoms with Gasteiger partial charge in [0.15, 0.2) is 0 Å². The average Bonchev–Trinajstić information content (AvgIpc) is 2.47. The molecule has 0 atom stereocenters. The van der Waals surface area contributed by atoms with E-state index in [2.05, 4.69) is 0 Å². The molecule has 4 nitrogen and oxygen atoms in total. The van der Waals surface area contributed by atoms with Crippen molar-refractivity contribution in [3.63, 3.8) is 0 Å². The van der Waals surface area contributed by atoms with E-state index in [1.165, 1.54) is 18.2 Å². The fraction of sp³-hybridized carbons (Fsp3) is 0.125. The molecule has 2 rings (SSSR count). The monoisotopic (exact) mass is 302 g/mol. The number of carboxylic acids is 2. The van der Waals surface area contributed by atoms with Crippen molar-refractivity contribution in [1.82, 2.24) is 0 Å². The van der Waals surface area contributed by atoms with Crippen molar-refractivity contribution in [3.05, 3.63) is 53.1 Å². The summed E-state index contributed by atoms with van der Waals surface area (Å²) in [6.07, 6.45) is 1.93. The predicted octanol–water partition coefficient (Wildman–Crippen LogP) is 3.78. The van der Waals surface area contributed by atoms with Gasteiger partial charge in [-0.15, -0.1) is 11.8 Å². The van der Waals surface area contributed by atoms with Crippen LogP contribution >= 0.6 is 11.8 Å². The molecule has 2 N–H and O–H groups in total. The number of aryl methyl sites for hydroxylation is 1. The minimum absolute atomic E-state index is 0.0731. The summed E-state index contributed by atoms with van der Waals surface area (Å²) in [5.74, 6) is -2.15. The van der Waals surface area contributed by atoms with Gasteiger partial charge in [0.05, 0.1) is 11.1 Å². The van der Waals surface area contributed by atoms with E-state index in [-0.39, 0.29) is 11.1 Å². The molecule has 0 aliphatic carbocycles. The average molecular weight is 302 g/mol. The summed E-state index contributed by atoms with van der Waals surface area (Å²) in [5.41, 5.74) is 2.24. The molecule has 0 fully saturated rings. The van der Waals surface area contributed by atoms with Gasteiger partial charge < -0.3 is 10.2 Å². The zero-order valence-corrected chi connectivity index (χ0v) is 12.4. The van der Waals surface area contributed by atoms with Crippen molar-refractivity contribution < 1.29 is 19.8 Å². The fourth-order valence-electron chi connectivity index (χ4n) is 2.10. The molecule has 0 radical (unpaired) electrons. The maximum atomic E-state index is 11.4. The quantitative estimate of drug-likeness (QED) is 0.841. The van der Waals surface area contributed by atoms with E-state index in [1.54, 1.807) is 11.8 Å². The molecule has 108 valence electrons. The van der Waals surface area contributed by atoms with E-state index in [1.807, 2.05) is 31.4 Å². The van der Waals surface area contributed by atoms with Gasteiger partial charge in [0.2, 0.25) is 0 Å². The van der Waals surface area contributed by atoms with Crippen LogP contribution in [-0.2, 0) is 0 Å². The molecule has 5 heteroatoms. The molecule has 0 spiro atoms. The molecule has 0 unspecified atom stereocenters. The molecule has 0 aliphatic rings. The van der Waals surface area contributed by atoms with Crippen molar-refractivity contribution in [1.29, 1.82) is 0 Å². The Morgan fingerprint density at radius 3 is 2.24 bits per heavy atom. The fourth-order valence-corrected chi connectivity index (χ4v) is 2.54. The lowest BCUT2D eigenvalue weighted by Gasteiger charge is -2.12. The molecule has 0 saturated carbocycles. The summed E-state index contributed by atoms with van der Waals surface area (Å²) in [6.45, 7) is 1.87. The maximum absolute atomic E-state index is 11.4. The van der Waals surface area contributed by atoms with Gasteiger partial charge in [-0.05, 0) is 60.2 Å². The minimum Gasteiger partial charge on any atom is -0.478 e. The summed E-state index contributed by atoms with van der Waals surface area (Å²) in [7, 11) is 0. The van der Waals surface area contributed by atoms with Crippen molar-refractivity contribution in [2.24, 2.45) is 0 Å². The Morgan fingerprint density at radius 2 is 1.67 bits per heavy atom. The Morgan fingerprint density at radius 1 is 0.952 bits per heavy atom. The van der Waals surface area contributed by atoms with E-state index in [0.29, 0.717) is 5.56 Å². The molecule has 0 aromatic heterocycles. The largest absolute Gasteiger partial charge is 0.478 e. The second kappa shape index (κ2) is 6.01. The molecule has 0 amide bonds. The third kappa shape index (κ3) is 3.08. The number of hydrogen-bond acceptors (Lipinski definition) is 3. The highest BCUT2D eigenvalue weighted by atomic mass is 32.2. The van der Waals surface area contributed by atoms with Crippen LogP contribution in [0.1, 0.15) is 26.3 Å². The smallest absolute Gasteiger partial charge is 0.336 e. The van der Waals surface area contributed by atoms with Gasteiger partial charge in [-0.1, -0.05) is 6.07 Å². The number of rotatable bonds is 4. The second-order valence-electron chi connectivity index (χ2n) is 4.55. The molecule has 0 heterocycles. The van der Waals surface area contributed by atoms with E-state index < -0.39 is 11.9 Å². The molecule has 2 aromatic rings. The Hall–Kier alpha value is -2.27. The summed E-state index contributed by atoms with van der Waals surface area (Å²) in [5, 5.41) is 18.4. The van der Waals surface area contributed by atoms with Gasteiger partial charge in [-0.25, -0.2) is 9.59 Å². The number of carbonyl (C=O) groups is 2. The first-order chi connectivity index (χ1) is 9.93. The van der Waals surface area contributed by atoms with Crippen LogP contribution in [0.2, 0.25) is 0 Å². The molecule has 2 aromatic carbocycles. The molecular formula is C16H14O4S. The SMILES string of the molecule is CSc1ccc(C)c(-c2cc(C(=O)O)ccc2C(=O)O)c1. The van der Waals surface area contributed by atoms with Crippen molar-refractivity contribution in [2.75, 3.05) is 6.26 Å². The Balaban J connectivity index is 2.73. The Kier molecular flexibility index (Phi) is 4.33. The number of hydrogen-bond donors (Lipinski definition) is 2. The van der Waals surface area contributed by atoms with Crippen LogP contribution in [-0.4, -0.2) is 28.4 Å². The summed E-state index contributed by atoms with van der Waals surface area (Å²) >= 11 is 1.55. The van der Waals surface area contributed by atoms with Gasteiger partial charge in [0.25, 0.3) is 0 Å². The third-order valence-electron chi connectivity index (χ3n) is 3.23. The van der Waals surface area contributed by atoms with E-state index in [9.17, 15) is 14.7 Å². The summed E-state index contributed by atoms with van der Waals surface area (Å²) in [4.78, 5) is 23.5. The van der Waals surface area contributed by atoms with Crippen LogP contribution in [0.25, 0.3) is 11.1 Å². The maximum Gasteiger partial charge on any atom is 0.336 e. The Bertz CT molecular complexity index is 722. The van der Waals surface area contributed by atoms with E-state index >= 15 is 0 Å². The minimum atomic E-state index is -1.08. The first-order valence-corrected chi connectivity index (χ1v) is 7.42. The molecular weight excluding hydrogens is 288 g/mol. The predicted molar refractivity (Wildman–Crippen MR) is 82.3 cm³/mol. The van der Waals surface area contributed by atoms with Crippen molar-refractivity contribution in [3.8, 4) is 11.1 Å². The number of thioether (sulfide) groups is 1. The van der Waals surface area contributed by atoms with Crippen molar-refractivity contribution in [2.45, 2.75) is 11.8 Å². The lowest BCUT2D eigenvalue weighted by Crippen LogP contribution is -2.04. The topological polar surface area (TPSA) is 74.6 Å². The third-order valence-corrected chi connectivity index (χ3v) is 3.96. The van der Waals surface area contributed by atoms with Crippen LogP contribution in [0.4, 0.5) is 0 Å². The number of aromatic carboxylic acids is 2. The first-order valence-electron chi connectivity index (χ1n) is 6.19. The zero-order valence-electron chi connectivity index (χ0n) is 11.6. The van der Waals surface area contributed by atoms with Gasteiger partial charge in [0.1, 0.15) is 0 Å². The highest BCUT2D eigenvalue weighted by Gasteiger charge is 2.16. The van der Waals surface area contributed by atoms with Crippen LogP contribution in [0.5, 0.6) is 0 Å². The lowest BCUT2D eigenvalue weighted by atomic mass is 9.94. The summed E-state index contributed by atoms with van der Waals surface area (Å²) < 4.78 is 0. The van der Waals surface area contributed by atoms with Crippen molar-refractivity contribution >= 4 is 23.7 Å². The lowest BCUT2D eigenvalue weighted by molar-refractivity contribution is 0.0682. The van der Waals surface area contributed by atoms with Gasteiger partial charge in [-0.3, -0.25) is 0 Å². The van der Waals surface area contributed by atoms with Crippen LogP contribution in [0.15, 0.2) is 41.3 Å². The second-order valence-corrected chi connectivity index (χ2v) is 5.43. The number of benzene rings is 2. The molecule has 0 aliphatic heterocycles. The Labute approximate surface area is 126 Å². The molecule has 0 bridgehead atoms. The molecule has 0 saturated heterocycles. The zero-order chi connectivity index (χ0) is 15.6. The first kappa shape index (κ1) is 15.1. The standard InChI is InChI=1S/C16H14O4S/c1-9-3-5-11(21-2)8-13(9)14-7-10(15(17)18)4-6-12(14)16(19)20/h3-8H,1-2H3,(H,17,18)(H,19,20). The van der Waals surface area contributed by atoms with Crippen LogP contribution in [0.3, 0.4) is 0 Å².